The zero-order valence-corrected chi connectivity index (χ0v) is 20.2. The summed E-state index contributed by atoms with van der Waals surface area (Å²) in [6, 6.07) is 6.66. The molecular weight excluding hydrogens is 460 g/mol. The van der Waals surface area contributed by atoms with Crippen LogP contribution in [0.2, 0.25) is 5.02 Å². The molecule has 11 heteroatoms. The molecule has 8 nitrogen and oxygen atoms in total. The number of carbonyl (C=O) groups excluding carboxylic acids is 4. The van der Waals surface area contributed by atoms with Crippen LogP contribution in [0.4, 0.5) is 0 Å². The van der Waals surface area contributed by atoms with Gasteiger partial charge in [-0.25, -0.2) is 0 Å². The maximum atomic E-state index is 13.1. The smallest absolute Gasteiger partial charge is 0.241 e. The lowest BCUT2D eigenvalue weighted by molar-refractivity contribution is -0.147. The second kappa shape index (κ2) is 9.80. The zero-order valence-electron chi connectivity index (χ0n) is 17.8. The lowest BCUT2D eigenvalue weighted by Crippen LogP contribution is -2.58. The average molecular weight is 483 g/mol. The second-order valence-electron chi connectivity index (χ2n) is 7.23. The first-order valence-electron chi connectivity index (χ1n) is 9.27. The Bertz CT molecular complexity index is 946. The summed E-state index contributed by atoms with van der Waals surface area (Å²) in [5, 5.41) is 0.505. The summed E-state index contributed by atoms with van der Waals surface area (Å²) in [6.07, 6.45) is -0.209. The Morgan fingerprint density at radius 1 is 1.13 bits per heavy atom. The van der Waals surface area contributed by atoms with Gasteiger partial charge in [0.2, 0.25) is 23.6 Å². The van der Waals surface area contributed by atoms with Gasteiger partial charge in [-0.3, -0.25) is 38.8 Å². The third kappa shape index (κ3) is 5.08. The molecule has 0 aliphatic carbocycles. The van der Waals surface area contributed by atoms with Gasteiger partial charge in [0, 0.05) is 52.5 Å². The number of rotatable bonds is 4. The Hall–Kier alpha value is -2.43. The number of hydrogen-bond donors (Lipinski definition) is 0. The molecule has 1 saturated heterocycles. The van der Waals surface area contributed by atoms with Crippen LogP contribution in [-0.4, -0.2) is 81.6 Å². The number of carbonyl (C=O) groups is 4. The van der Waals surface area contributed by atoms with Crippen molar-refractivity contribution in [2.24, 2.45) is 5.92 Å². The normalized spacial score (nSPS) is 15.7. The molecule has 0 aromatic heterocycles. The van der Waals surface area contributed by atoms with Gasteiger partial charge >= 0.3 is 0 Å². The number of nitrogens with zero attached hydrogens (tertiary/aromatic N) is 4. The molecule has 1 atom stereocenters. The minimum Gasteiger partial charge on any atom is -0.292 e. The van der Waals surface area contributed by atoms with Crippen LogP contribution in [0, 0.1) is 5.92 Å². The molecule has 31 heavy (non-hydrogen) atoms. The van der Waals surface area contributed by atoms with Crippen LogP contribution in [0.3, 0.4) is 0 Å². The van der Waals surface area contributed by atoms with Crippen molar-refractivity contribution < 1.29 is 19.2 Å². The van der Waals surface area contributed by atoms with Gasteiger partial charge in [-0.2, -0.15) is 0 Å². The highest BCUT2D eigenvalue weighted by Crippen LogP contribution is 2.35. The van der Waals surface area contributed by atoms with Crippen molar-refractivity contribution in [3.63, 3.8) is 0 Å². The fraction of sp³-hybridized carbons (Fsp3) is 0.400. The Kier molecular flexibility index (Phi) is 7.85. The van der Waals surface area contributed by atoms with Gasteiger partial charge in [0.1, 0.15) is 5.92 Å². The van der Waals surface area contributed by atoms with Crippen molar-refractivity contribution in [3.8, 4) is 0 Å². The minimum atomic E-state index is -1.17. The van der Waals surface area contributed by atoms with Gasteiger partial charge in [-0.1, -0.05) is 23.7 Å². The van der Waals surface area contributed by atoms with Gasteiger partial charge in [0.15, 0.2) is 10.2 Å². The van der Waals surface area contributed by atoms with Crippen molar-refractivity contribution in [1.82, 2.24) is 19.6 Å². The van der Waals surface area contributed by atoms with Crippen LogP contribution in [-0.2, 0) is 19.2 Å². The van der Waals surface area contributed by atoms with E-state index >= 15 is 0 Å². The van der Waals surface area contributed by atoms with Crippen molar-refractivity contribution in [2.45, 2.75) is 19.3 Å². The highest BCUT2D eigenvalue weighted by molar-refractivity contribution is 7.80. The van der Waals surface area contributed by atoms with Crippen molar-refractivity contribution >= 4 is 69.9 Å². The lowest BCUT2D eigenvalue weighted by atomic mass is 9.80. The molecule has 166 valence electrons. The maximum absolute atomic E-state index is 13.1. The van der Waals surface area contributed by atoms with Crippen LogP contribution in [0.15, 0.2) is 24.3 Å². The summed E-state index contributed by atoms with van der Waals surface area (Å²) in [7, 11) is 5.88. The number of benzene rings is 1. The van der Waals surface area contributed by atoms with E-state index in [2.05, 4.69) is 0 Å². The molecule has 1 fully saturated rings. The highest BCUT2D eigenvalue weighted by Gasteiger charge is 2.46. The lowest BCUT2D eigenvalue weighted by Gasteiger charge is -2.39. The van der Waals surface area contributed by atoms with Crippen LogP contribution < -0.4 is 0 Å². The van der Waals surface area contributed by atoms with E-state index in [1.165, 1.54) is 49.8 Å². The molecule has 1 heterocycles. The molecule has 0 N–H and O–H groups in total. The topological polar surface area (TPSA) is 81.2 Å². The summed E-state index contributed by atoms with van der Waals surface area (Å²) in [5.74, 6) is -3.77. The van der Waals surface area contributed by atoms with E-state index in [9.17, 15) is 19.2 Å². The first-order valence-corrected chi connectivity index (χ1v) is 10.5. The molecule has 0 radical (unpaired) electrons. The molecule has 1 unspecified atom stereocenters. The van der Waals surface area contributed by atoms with Crippen LogP contribution >= 0.6 is 36.0 Å². The molecule has 1 aliphatic heterocycles. The largest absolute Gasteiger partial charge is 0.292 e. The predicted octanol–water partition coefficient (Wildman–Crippen LogP) is 1.87. The molecule has 1 aromatic carbocycles. The van der Waals surface area contributed by atoms with Crippen LogP contribution in [0.1, 0.15) is 24.8 Å². The number of hydrogen-bond acceptors (Lipinski definition) is 6. The molecular formula is C20H23ClN4O4S2. The van der Waals surface area contributed by atoms with E-state index in [4.69, 9.17) is 36.0 Å². The van der Waals surface area contributed by atoms with Crippen molar-refractivity contribution in [1.29, 1.82) is 0 Å². The fourth-order valence-corrected chi connectivity index (χ4v) is 3.85. The fourth-order valence-electron chi connectivity index (χ4n) is 3.24. The standard InChI is InChI=1S/C20H23ClN4O4S2/c1-11(26)22(2)19(30)23(3)15(27)10-14(12-7-6-8-13(21)9-12)16-17(28)24(4)20(31)25(5)18(16)29/h6-9,14,16H,10H2,1-5H3. The molecule has 0 saturated carbocycles. The van der Waals surface area contributed by atoms with Crippen molar-refractivity contribution in [3.05, 3.63) is 34.9 Å². The Labute approximate surface area is 196 Å². The first kappa shape index (κ1) is 24.8. The van der Waals surface area contributed by atoms with E-state index in [1.807, 2.05) is 0 Å². The number of thiocarbonyl (C=S) groups is 2. The Balaban J connectivity index is 2.45. The van der Waals surface area contributed by atoms with Gasteiger partial charge in [0.25, 0.3) is 0 Å². The van der Waals surface area contributed by atoms with Gasteiger partial charge in [-0.15, -0.1) is 0 Å². The third-order valence-corrected chi connectivity index (χ3v) is 6.59. The maximum Gasteiger partial charge on any atom is 0.241 e. The van der Waals surface area contributed by atoms with E-state index in [1.54, 1.807) is 24.3 Å². The van der Waals surface area contributed by atoms with E-state index in [0.717, 1.165) is 4.90 Å². The molecule has 2 rings (SSSR count). The monoisotopic (exact) mass is 482 g/mol. The van der Waals surface area contributed by atoms with E-state index < -0.39 is 29.6 Å². The summed E-state index contributed by atoms with van der Waals surface area (Å²) in [4.78, 5) is 55.5. The van der Waals surface area contributed by atoms with Gasteiger partial charge in [0.05, 0.1) is 0 Å². The van der Waals surface area contributed by atoms with Crippen LogP contribution in [0.5, 0.6) is 0 Å². The van der Waals surface area contributed by atoms with E-state index in [-0.39, 0.29) is 22.6 Å². The molecule has 0 bridgehead atoms. The van der Waals surface area contributed by atoms with Gasteiger partial charge < -0.3 is 0 Å². The highest BCUT2D eigenvalue weighted by atomic mass is 35.5. The summed E-state index contributed by atoms with van der Waals surface area (Å²) < 4.78 is 0. The molecule has 1 aliphatic rings. The summed E-state index contributed by atoms with van der Waals surface area (Å²) in [5.41, 5.74) is 0.557. The average Bonchev–Trinajstić information content (AvgIpc) is 2.73. The summed E-state index contributed by atoms with van der Waals surface area (Å²) >= 11 is 16.5. The summed E-state index contributed by atoms with van der Waals surface area (Å²) in [6.45, 7) is 1.33. The Morgan fingerprint density at radius 3 is 2.16 bits per heavy atom. The number of amides is 4. The zero-order chi connectivity index (χ0) is 23.6. The second-order valence-corrected chi connectivity index (χ2v) is 8.40. The van der Waals surface area contributed by atoms with Crippen molar-refractivity contribution in [2.75, 3.05) is 28.2 Å². The van der Waals surface area contributed by atoms with Gasteiger partial charge in [-0.05, 0) is 42.1 Å². The third-order valence-electron chi connectivity index (χ3n) is 5.26. The first-order chi connectivity index (χ1) is 14.4. The quantitative estimate of drug-likeness (QED) is 0.481. The minimum absolute atomic E-state index is 0.0130. The molecule has 0 spiro atoms. The number of halogens is 1. The van der Waals surface area contributed by atoms with Crippen LogP contribution in [0.25, 0.3) is 0 Å². The van der Waals surface area contributed by atoms with E-state index in [0.29, 0.717) is 10.6 Å². The molecule has 1 aromatic rings. The molecule has 4 amide bonds. The Morgan fingerprint density at radius 2 is 1.68 bits per heavy atom. The SMILES string of the molecule is CC(=O)N(C)C(=S)N(C)C(=O)CC(c1cccc(Cl)c1)C1C(=O)N(C)C(=S)N(C)C1=O. The predicted molar refractivity (Wildman–Crippen MR) is 124 cm³/mol.